The van der Waals surface area contributed by atoms with Crippen LogP contribution in [0.25, 0.3) is 0 Å². The maximum atomic E-state index is 13.1. The van der Waals surface area contributed by atoms with Crippen LogP contribution in [0.3, 0.4) is 0 Å². The van der Waals surface area contributed by atoms with Crippen molar-refractivity contribution < 1.29 is 9.59 Å². The van der Waals surface area contributed by atoms with Crippen molar-refractivity contribution in [2.24, 2.45) is 0 Å². The van der Waals surface area contributed by atoms with E-state index in [1.165, 1.54) is 0 Å². The lowest BCUT2D eigenvalue weighted by Gasteiger charge is -2.21. The smallest absolute Gasteiger partial charge is 0.252 e. The van der Waals surface area contributed by atoms with Gasteiger partial charge in [-0.2, -0.15) is 0 Å². The number of carbonyl (C=O) groups excluding carboxylic acids is 2. The van der Waals surface area contributed by atoms with Gasteiger partial charge in [0.2, 0.25) is 0 Å². The van der Waals surface area contributed by atoms with Crippen LogP contribution in [0, 0.1) is 23.7 Å². The standard InChI is InChI=1S/C32H24N2O2/c35-31(27-17-9-3-10-18-27)33-29(23-21-25-13-5-1-6-14-25)30(24-22-26-15-7-2-8-16-26)34-32(36)28-19-11-4-12-20-28/h1-20,29-30H,(H,33,35)(H,34,36). The molecule has 36 heavy (non-hydrogen) atoms. The number of hydrogen-bond acceptors (Lipinski definition) is 2. The molecule has 0 saturated carbocycles. The third-order valence-corrected chi connectivity index (χ3v) is 5.27. The van der Waals surface area contributed by atoms with Crippen LogP contribution in [0.2, 0.25) is 0 Å². The second-order valence-corrected chi connectivity index (χ2v) is 7.91. The largest absolute Gasteiger partial charge is 0.335 e. The fourth-order valence-corrected chi connectivity index (χ4v) is 3.40. The molecule has 4 nitrogen and oxygen atoms in total. The summed E-state index contributed by atoms with van der Waals surface area (Å²) in [5.74, 6) is 11.9. The molecule has 2 unspecified atom stereocenters. The molecule has 0 aliphatic heterocycles. The van der Waals surface area contributed by atoms with Crippen LogP contribution in [-0.2, 0) is 0 Å². The van der Waals surface area contributed by atoms with E-state index in [9.17, 15) is 9.59 Å². The molecule has 0 aromatic heterocycles. The van der Waals surface area contributed by atoms with Gasteiger partial charge in [0, 0.05) is 22.3 Å². The lowest BCUT2D eigenvalue weighted by Crippen LogP contribution is -2.50. The van der Waals surface area contributed by atoms with Gasteiger partial charge in [-0.15, -0.1) is 0 Å². The summed E-state index contributed by atoms with van der Waals surface area (Å²) in [6, 6.07) is 35.2. The Morgan fingerprint density at radius 3 is 1.11 bits per heavy atom. The Hall–Kier alpha value is -5.06. The lowest BCUT2D eigenvalue weighted by molar-refractivity contribution is 0.0907. The van der Waals surface area contributed by atoms with E-state index in [0.717, 1.165) is 11.1 Å². The van der Waals surface area contributed by atoms with Gasteiger partial charge in [0.1, 0.15) is 12.1 Å². The fourth-order valence-electron chi connectivity index (χ4n) is 3.40. The highest BCUT2D eigenvalue weighted by atomic mass is 16.2. The number of benzene rings is 4. The molecule has 4 aromatic rings. The van der Waals surface area contributed by atoms with Crippen molar-refractivity contribution in [3.05, 3.63) is 144 Å². The zero-order valence-electron chi connectivity index (χ0n) is 19.5. The number of rotatable bonds is 5. The van der Waals surface area contributed by atoms with Gasteiger partial charge in [0.15, 0.2) is 0 Å². The van der Waals surface area contributed by atoms with Crippen molar-refractivity contribution >= 4 is 11.8 Å². The fraction of sp³-hybridized carbons (Fsp3) is 0.0625. The zero-order chi connectivity index (χ0) is 25.0. The summed E-state index contributed by atoms with van der Waals surface area (Å²) in [4.78, 5) is 26.1. The normalized spacial score (nSPS) is 11.4. The summed E-state index contributed by atoms with van der Waals surface area (Å²) < 4.78 is 0. The van der Waals surface area contributed by atoms with Gasteiger partial charge < -0.3 is 10.6 Å². The van der Waals surface area contributed by atoms with Crippen LogP contribution < -0.4 is 10.6 Å². The summed E-state index contributed by atoms with van der Waals surface area (Å²) in [5, 5.41) is 5.93. The minimum atomic E-state index is -0.776. The minimum Gasteiger partial charge on any atom is -0.335 e. The molecule has 0 heterocycles. The maximum Gasteiger partial charge on any atom is 0.252 e. The second-order valence-electron chi connectivity index (χ2n) is 7.91. The third-order valence-electron chi connectivity index (χ3n) is 5.27. The van der Waals surface area contributed by atoms with E-state index < -0.39 is 12.1 Å². The molecule has 0 aliphatic carbocycles. The Morgan fingerprint density at radius 1 is 0.472 bits per heavy atom. The highest BCUT2D eigenvalue weighted by Crippen LogP contribution is 2.05. The minimum absolute atomic E-state index is 0.302. The molecule has 4 rings (SSSR count). The average molecular weight is 469 g/mol. The van der Waals surface area contributed by atoms with Crippen molar-refractivity contribution in [3.63, 3.8) is 0 Å². The zero-order valence-corrected chi connectivity index (χ0v) is 19.5. The highest BCUT2D eigenvalue weighted by molar-refractivity contribution is 5.96. The van der Waals surface area contributed by atoms with E-state index in [2.05, 4.69) is 34.3 Å². The Balaban J connectivity index is 1.70. The van der Waals surface area contributed by atoms with Gasteiger partial charge in [0.05, 0.1) is 0 Å². The van der Waals surface area contributed by atoms with Crippen LogP contribution in [0.5, 0.6) is 0 Å². The van der Waals surface area contributed by atoms with Crippen LogP contribution in [0.1, 0.15) is 31.8 Å². The van der Waals surface area contributed by atoms with Gasteiger partial charge in [-0.3, -0.25) is 9.59 Å². The van der Waals surface area contributed by atoms with E-state index in [1.807, 2.05) is 72.8 Å². The van der Waals surface area contributed by atoms with Gasteiger partial charge in [-0.25, -0.2) is 0 Å². The van der Waals surface area contributed by atoms with Crippen molar-refractivity contribution in [1.29, 1.82) is 0 Å². The number of nitrogens with one attached hydrogen (secondary N) is 2. The summed E-state index contributed by atoms with van der Waals surface area (Å²) in [6.45, 7) is 0. The molecule has 4 aromatic carbocycles. The second kappa shape index (κ2) is 12.4. The van der Waals surface area contributed by atoms with Gasteiger partial charge in [-0.05, 0) is 48.5 Å². The molecule has 2 amide bonds. The monoisotopic (exact) mass is 468 g/mol. The predicted octanol–water partition coefficient (Wildman–Crippen LogP) is 4.69. The Kier molecular flexibility index (Phi) is 8.30. The van der Waals surface area contributed by atoms with Gasteiger partial charge >= 0.3 is 0 Å². The Labute approximate surface area is 211 Å². The summed E-state index contributed by atoms with van der Waals surface area (Å²) in [6.07, 6.45) is 0. The first-order valence-corrected chi connectivity index (χ1v) is 11.5. The summed E-state index contributed by atoms with van der Waals surface area (Å²) in [7, 11) is 0. The van der Waals surface area contributed by atoms with Crippen molar-refractivity contribution in [2.45, 2.75) is 12.1 Å². The van der Waals surface area contributed by atoms with Crippen molar-refractivity contribution in [2.75, 3.05) is 0 Å². The molecule has 4 heteroatoms. The van der Waals surface area contributed by atoms with E-state index >= 15 is 0 Å². The molecule has 0 aliphatic rings. The number of amides is 2. The van der Waals surface area contributed by atoms with E-state index in [1.54, 1.807) is 48.5 Å². The van der Waals surface area contributed by atoms with Crippen molar-refractivity contribution in [3.8, 4) is 23.7 Å². The summed E-state index contributed by atoms with van der Waals surface area (Å²) in [5.41, 5.74) is 2.57. The SMILES string of the molecule is O=C(NC(C#Cc1ccccc1)C(C#Cc1ccccc1)NC(=O)c1ccccc1)c1ccccc1. The van der Waals surface area contributed by atoms with E-state index in [0.29, 0.717) is 11.1 Å². The molecule has 0 spiro atoms. The molecular weight excluding hydrogens is 444 g/mol. The molecular formula is C32H24N2O2. The van der Waals surface area contributed by atoms with Crippen LogP contribution in [0.4, 0.5) is 0 Å². The van der Waals surface area contributed by atoms with E-state index in [4.69, 9.17) is 0 Å². The quantitative estimate of drug-likeness (QED) is 0.418. The topological polar surface area (TPSA) is 58.2 Å². The van der Waals surface area contributed by atoms with Crippen molar-refractivity contribution in [1.82, 2.24) is 10.6 Å². The van der Waals surface area contributed by atoms with Crippen LogP contribution in [0.15, 0.2) is 121 Å². The van der Waals surface area contributed by atoms with Crippen LogP contribution in [-0.4, -0.2) is 23.9 Å². The Morgan fingerprint density at radius 2 is 0.778 bits per heavy atom. The molecule has 0 bridgehead atoms. The third kappa shape index (κ3) is 6.97. The van der Waals surface area contributed by atoms with Crippen LogP contribution >= 0.6 is 0 Å². The average Bonchev–Trinajstić information content (AvgIpc) is 2.95. The first-order valence-electron chi connectivity index (χ1n) is 11.5. The Bertz CT molecular complexity index is 1300. The van der Waals surface area contributed by atoms with Gasteiger partial charge in [-0.1, -0.05) is 96.5 Å². The molecule has 2 N–H and O–H groups in total. The molecule has 174 valence electrons. The highest BCUT2D eigenvalue weighted by Gasteiger charge is 2.23. The van der Waals surface area contributed by atoms with Gasteiger partial charge in [0.25, 0.3) is 11.8 Å². The molecule has 0 fully saturated rings. The lowest BCUT2D eigenvalue weighted by atomic mass is 10.0. The number of carbonyl (C=O) groups is 2. The molecule has 0 saturated heterocycles. The molecule has 0 radical (unpaired) electrons. The first-order chi connectivity index (χ1) is 17.7. The summed E-state index contributed by atoms with van der Waals surface area (Å²) >= 11 is 0. The maximum absolute atomic E-state index is 13.1. The van der Waals surface area contributed by atoms with E-state index in [-0.39, 0.29) is 11.8 Å². The predicted molar refractivity (Wildman–Crippen MR) is 142 cm³/mol. The first kappa shape index (κ1) is 24.1. The number of hydrogen-bond donors (Lipinski definition) is 2. The molecule has 2 atom stereocenters.